The van der Waals surface area contributed by atoms with Gasteiger partial charge in [-0.15, -0.1) is 0 Å². The van der Waals surface area contributed by atoms with Gasteiger partial charge < -0.3 is 10.2 Å². The van der Waals surface area contributed by atoms with E-state index in [4.69, 9.17) is 0 Å². The monoisotopic (exact) mass is 373 g/mol. The molecule has 0 aliphatic carbocycles. The van der Waals surface area contributed by atoms with Crippen LogP contribution < -0.4 is 10.2 Å². The molecule has 0 atom stereocenters. The van der Waals surface area contributed by atoms with Gasteiger partial charge in [0.15, 0.2) is 0 Å². The van der Waals surface area contributed by atoms with Gasteiger partial charge in [0.05, 0.1) is 0 Å². The number of rotatable bonds is 5. The summed E-state index contributed by atoms with van der Waals surface area (Å²) in [6, 6.07) is 18.4. The van der Waals surface area contributed by atoms with Crippen molar-refractivity contribution in [2.75, 3.05) is 16.8 Å². The van der Waals surface area contributed by atoms with Crippen LogP contribution in [0.5, 0.6) is 0 Å². The highest BCUT2D eigenvalue weighted by atomic mass is 16.2. The Morgan fingerprint density at radius 1 is 0.964 bits per heavy atom. The van der Waals surface area contributed by atoms with Crippen LogP contribution >= 0.6 is 0 Å². The number of hydrogen-bond acceptors (Lipinski definition) is 3. The lowest BCUT2D eigenvalue weighted by molar-refractivity contribution is 0.0988. The number of carbonyl (C=O) groups excluding carboxylic acids is 2. The second-order valence-corrected chi connectivity index (χ2v) is 6.64. The number of pyridine rings is 1. The van der Waals surface area contributed by atoms with Crippen molar-refractivity contribution in [1.29, 1.82) is 0 Å². The predicted octanol–water partition coefficient (Wildman–Crippen LogP) is 4.62. The number of aromatic nitrogens is 1. The summed E-state index contributed by atoms with van der Waals surface area (Å²) in [6.07, 6.45) is 1.49. The van der Waals surface area contributed by atoms with Gasteiger partial charge in [0.2, 0.25) is 0 Å². The fourth-order valence-corrected chi connectivity index (χ4v) is 2.91. The molecule has 2 aromatic carbocycles. The summed E-state index contributed by atoms with van der Waals surface area (Å²) in [4.78, 5) is 31.4. The Hall–Kier alpha value is -3.47. The van der Waals surface area contributed by atoms with Gasteiger partial charge in [-0.05, 0) is 62.7 Å². The third-order valence-electron chi connectivity index (χ3n) is 4.42. The van der Waals surface area contributed by atoms with Gasteiger partial charge in [-0.1, -0.05) is 29.8 Å². The largest absolute Gasteiger partial charge is 0.321 e. The van der Waals surface area contributed by atoms with Gasteiger partial charge in [0.25, 0.3) is 11.8 Å². The predicted molar refractivity (Wildman–Crippen MR) is 112 cm³/mol. The van der Waals surface area contributed by atoms with Gasteiger partial charge >= 0.3 is 0 Å². The van der Waals surface area contributed by atoms with Crippen molar-refractivity contribution >= 4 is 23.2 Å². The van der Waals surface area contributed by atoms with E-state index in [0.29, 0.717) is 17.8 Å². The summed E-state index contributed by atoms with van der Waals surface area (Å²) < 4.78 is 0. The molecular formula is C23H23N3O2. The van der Waals surface area contributed by atoms with E-state index < -0.39 is 0 Å². The second kappa shape index (κ2) is 8.48. The van der Waals surface area contributed by atoms with E-state index in [1.807, 2.05) is 69.3 Å². The van der Waals surface area contributed by atoms with Crippen molar-refractivity contribution in [2.45, 2.75) is 20.8 Å². The van der Waals surface area contributed by atoms with Gasteiger partial charge in [-0.2, -0.15) is 0 Å². The maximum absolute atomic E-state index is 13.0. The van der Waals surface area contributed by atoms with Gasteiger partial charge in [0.1, 0.15) is 5.69 Å². The minimum Gasteiger partial charge on any atom is -0.321 e. The Kier molecular flexibility index (Phi) is 5.84. The lowest BCUT2D eigenvalue weighted by Gasteiger charge is -2.21. The molecule has 5 nitrogen and oxygen atoms in total. The topological polar surface area (TPSA) is 62.3 Å². The third kappa shape index (κ3) is 4.43. The van der Waals surface area contributed by atoms with Crippen LogP contribution in [0.25, 0.3) is 0 Å². The zero-order chi connectivity index (χ0) is 20.1. The van der Waals surface area contributed by atoms with E-state index in [-0.39, 0.29) is 17.5 Å². The highest BCUT2D eigenvalue weighted by molar-refractivity contribution is 6.08. The molecule has 3 rings (SSSR count). The molecular weight excluding hydrogens is 350 g/mol. The minimum atomic E-state index is -0.350. The van der Waals surface area contributed by atoms with E-state index in [1.165, 1.54) is 12.3 Å². The molecule has 28 heavy (non-hydrogen) atoms. The molecule has 0 bridgehead atoms. The second-order valence-electron chi connectivity index (χ2n) is 6.64. The Morgan fingerprint density at radius 3 is 2.39 bits per heavy atom. The van der Waals surface area contributed by atoms with Crippen LogP contribution in [-0.4, -0.2) is 23.3 Å². The normalized spacial score (nSPS) is 10.4. The van der Waals surface area contributed by atoms with E-state index in [0.717, 1.165) is 16.8 Å². The maximum Gasteiger partial charge on any atom is 0.274 e. The molecule has 1 heterocycles. The van der Waals surface area contributed by atoms with E-state index >= 15 is 0 Å². The summed E-state index contributed by atoms with van der Waals surface area (Å²) >= 11 is 0. The molecule has 0 unspecified atom stereocenters. The zero-order valence-electron chi connectivity index (χ0n) is 16.3. The summed E-state index contributed by atoms with van der Waals surface area (Å²) in [5, 5.41) is 2.81. The summed E-state index contributed by atoms with van der Waals surface area (Å²) in [6.45, 7) is 6.42. The van der Waals surface area contributed by atoms with Crippen molar-refractivity contribution in [2.24, 2.45) is 0 Å². The summed E-state index contributed by atoms with van der Waals surface area (Å²) in [5.41, 5.74) is 4.33. The van der Waals surface area contributed by atoms with Crippen molar-refractivity contribution in [3.8, 4) is 0 Å². The fourth-order valence-electron chi connectivity index (χ4n) is 2.91. The molecule has 2 amide bonds. The van der Waals surface area contributed by atoms with Crippen LogP contribution in [0.3, 0.4) is 0 Å². The van der Waals surface area contributed by atoms with Crippen LogP contribution in [-0.2, 0) is 0 Å². The van der Waals surface area contributed by atoms with Crippen LogP contribution in [0.4, 0.5) is 11.4 Å². The number of nitrogens with zero attached hydrogens (tertiary/aromatic N) is 2. The van der Waals surface area contributed by atoms with Crippen molar-refractivity contribution in [3.05, 3.63) is 89.2 Å². The maximum atomic E-state index is 13.0. The first kappa shape index (κ1) is 19.3. The standard InChI is InChI=1S/C23H23N3O2/c1-4-26(20-7-5-6-17(3)14-20)23(28)18-12-13-24-21(15-18)22(27)25-19-10-8-16(2)9-11-19/h5-15H,4H2,1-3H3,(H,25,27). The van der Waals surface area contributed by atoms with E-state index in [1.54, 1.807) is 11.0 Å². The molecule has 0 saturated carbocycles. The number of anilines is 2. The number of benzene rings is 2. The molecule has 0 saturated heterocycles. The van der Waals surface area contributed by atoms with Crippen molar-refractivity contribution in [3.63, 3.8) is 0 Å². The molecule has 0 spiro atoms. The first-order valence-corrected chi connectivity index (χ1v) is 9.20. The Morgan fingerprint density at radius 2 is 1.71 bits per heavy atom. The summed E-state index contributed by atoms with van der Waals surface area (Å²) in [7, 11) is 0. The SMILES string of the molecule is CCN(C(=O)c1ccnc(C(=O)Nc2ccc(C)cc2)c1)c1cccc(C)c1. The van der Waals surface area contributed by atoms with Crippen molar-refractivity contribution < 1.29 is 9.59 Å². The van der Waals surface area contributed by atoms with Gasteiger partial charge in [-0.25, -0.2) is 0 Å². The fraction of sp³-hybridized carbons (Fsp3) is 0.174. The number of amides is 2. The Labute approximate surface area is 165 Å². The first-order valence-electron chi connectivity index (χ1n) is 9.20. The lowest BCUT2D eigenvalue weighted by atomic mass is 10.1. The Bertz CT molecular complexity index is 997. The number of aryl methyl sites for hydroxylation is 2. The molecule has 1 aromatic heterocycles. The number of hydrogen-bond donors (Lipinski definition) is 1. The third-order valence-corrected chi connectivity index (χ3v) is 4.42. The average molecular weight is 373 g/mol. The van der Waals surface area contributed by atoms with Crippen LogP contribution in [0.2, 0.25) is 0 Å². The highest BCUT2D eigenvalue weighted by Gasteiger charge is 2.18. The van der Waals surface area contributed by atoms with Crippen LogP contribution in [0.1, 0.15) is 38.9 Å². The number of carbonyl (C=O) groups is 2. The van der Waals surface area contributed by atoms with Crippen LogP contribution in [0.15, 0.2) is 66.9 Å². The van der Waals surface area contributed by atoms with Crippen LogP contribution in [0, 0.1) is 13.8 Å². The van der Waals surface area contributed by atoms with E-state index in [9.17, 15) is 9.59 Å². The Balaban J connectivity index is 1.82. The quantitative estimate of drug-likeness (QED) is 0.710. The number of nitrogens with one attached hydrogen (secondary N) is 1. The minimum absolute atomic E-state index is 0.167. The smallest absolute Gasteiger partial charge is 0.274 e. The zero-order valence-corrected chi connectivity index (χ0v) is 16.3. The molecule has 0 aliphatic rings. The highest BCUT2D eigenvalue weighted by Crippen LogP contribution is 2.19. The molecule has 1 N–H and O–H groups in total. The van der Waals surface area contributed by atoms with Gasteiger partial charge in [0, 0.05) is 29.7 Å². The van der Waals surface area contributed by atoms with Gasteiger partial charge in [-0.3, -0.25) is 14.6 Å². The molecule has 3 aromatic rings. The lowest BCUT2D eigenvalue weighted by Crippen LogP contribution is -2.31. The first-order chi connectivity index (χ1) is 13.5. The molecule has 0 radical (unpaired) electrons. The molecule has 0 aliphatic heterocycles. The average Bonchev–Trinajstić information content (AvgIpc) is 2.70. The molecule has 5 heteroatoms. The molecule has 142 valence electrons. The van der Waals surface area contributed by atoms with Crippen molar-refractivity contribution in [1.82, 2.24) is 4.98 Å². The van der Waals surface area contributed by atoms with E-state index in [2.05, 4.69) is 10.3 Å². The summed E-state index contributed by atoms with van der Waals surface area (Å²) in [5.74, 6) is -0.517. The molecule has 0 fully saturated rings.